The van der Waals surface area contributed by atoms with Crippen LogP contribution in [0.5, 0.6) is 0 Å². The molecule has 4 aromatic rings. The molecule has 2 atom stereocenters. The largest absolute Gasteiger partial charge is 0.598 e. The zero-order chi connectivity index (χ0) is 37.6. The lowest BCUT2D eigenvalue weighted by Crippen LogP contribution is -2.47. The maximum atomic E-state index is 13.5. The van der Waals surface area contributed by atoms with Gasteiger partial charge in [-0.15, -0.1) is 4.72 Å². The minimum atomic E-state index is -1.91. The van der Waals surface area contributed by atoms with Gasteiger partial charge < -0.3 is 13.4 Å². The predicted molar refractivity (Wildman–Crippen MR) is 217 cm³/mol. The van der Waals surface area contributed by atoms with Gasteiger partial charge in [-0.25, -0.2) is 9.67 Å². The third-order valence-electron chi connectivity index (χ3n) is 11.4. The Morgan fingerprint density at radius 1 is 0.863 bits per heavy atom. The van der Waals surface area contributed by atoms with E-state index in [2.05, 4.69) is 109 Å². The first-order valence-electron chi connectivity index (χ1n) is 18.4. The van der Waals surface area contributed by atoms with E-state index in [1.165, 1.54) is 0 Å². The number of pyridine rings is 2. The lowest BCUT2D eigenvalue weighted by Gasteiger charge is -2.43. The fraction of sp³-hybridized carbons (Fsp3) is 0.575. The zero-order valence-corrected chi connectivity index (χ0v) is 36.1. The summed E-state index contributed by atoms with van der Waals surface area (Å²) in [7, 11) is -3.72. The van der Waals surface area contributed by atoms with Gasteiger partial charge in [0.05, 0.1) is 41.4 Å². The summed E-state index contributed by atoms with van der Waals surface area (Å²) in [5, 5.41) is 6.08. The molecule has 0 radical (unpaired) electrons. The smallest absolute Gasteiger partial charge is 0.192 e. The van der Waals surface area contributed by atoms with Crippen molar-refractivity contribution in [2.45, 2.75) is 129 Å². The summed E-state index contributed by atoms with van der Waals surface area (Å²) in [6, 6.07) is 18.4. The summed E-state index contributed by atoms with van der Waals surface area (Å²) in [4.78, 5) is 10.2. The Morgan fingerprint density at radius 2 is 1.51 bits per heavy atom. The number of hydrogen-bond donors (Lipinski definition) is 1. The number of rotatable bonds is 12. The summed E-state index contributed by atoms with van der Waals surface area (Å²) in [6.45, 7) is 30.1. The maximum absolute atomic E-state index is 13.5. The highest BCUT2D eigenvalue weighted by atomic mass is 32.2. The van der Waals surface area contributed by atoms with E-state index in [-0.39, 0.29) is 16.1 Å². The van der Waals surface area contributed by atoms with Crippen LogP contribution in [0.4, 0.5) is 0 Å². The van der Waals surface area contributed by atoms with Gasteiger partial charge in [0.1, 0.15) is 4.75 Å². The van der Waals surface area contributed by atoms with Crippen molar-refractivity contribution in [3.8, 4) is 17.1 Å². The Balaban J connectivity index is 1.38. The molecule has 11 heteroatoms. The van der Waals surface area contributed by atoms with Gasteiger partial charge in [-0.2, -0.15) is 5.10 Å². The van der Waals surface area contributed by atoms with Crippen molar-refractivity contribution < 1.29 is 13.4 Å². The van der Waals surface area contributed by atoms with Crippen molar-refractivity contribution in [3.05, 3.63) is 72.2 Å². The average molecular weight is 748 g/mol. The molecule has 1 fully saturated rings. The van der Waals surface area contributed by atoms with Crippen LogP contribution < -0.4 is 4.72 Å². The molecule has 1 aliphatic carbocycles. The van der Waals surface area contributed by atoms with Gasteiger partial charge in [0.25, 0.3) is 0 Å². The third-order valence-corrected chi connectivity index (χ3v) is 21.9. The normalized spacial score (nSPS) is 18.9. The molecule has 278 valence electrons. The number of fused-ring (bicyclic) bond motifs is 1. The summed E-state index contributed by atoms with van der Waals surface area (Å²) in [6.07, 6.45) is 3.93. The second kappa shape index (κ2) is 14.8. The van der Waals surface area contributed by atoms with Crippen molar-refractivity contribution in [1.29, 1.82) is 0 Å². The van der Waals surface area contributed by atoms with E-state index in [4.69, 9.17) is 23.9 Å². The first-order chi connectivity index (χ1) is 23.6. The minimum Gasteiger partial charge on any atom is -0.598 e. The SMILES string of the molecule is CC(C)(C)[S+]([O-])NC(c1cccc(-c2ccc3cnn(-c4cccc(CO[Si](C)(C)C(C)(C)C)n4)c3c2)n1)C1CC(CO[Si](C)(C)C(C)(C)C)C1. The van der Waals surface area contributed by atoms with Gasteiger partial charge in [0, 0.05) is 28.9 Å². The lowest BCUT2D eigenvalue weighted by atomic mass is 9.71. The van der Waals surface area contributed by atoms with Gasteiger partial charge in [-0.05, 0) is 112 Å². The van der Waals surface area contributed by atoms with E-state index in [9.17, 15) is 4.55 Å². The Kier molecular flexibility index (Phi) is 11.6. The second-order valence-corrected chi connectivity index (χ2v) is 30.1. The molecule has 1 saturated carbocycles. The van der Waals surface area contributed by atoms with Crippen molar-refractivity contribution in [3.63, 3.8) is 0 Å². The molecule has 0 saturated heterocycles. The molecule has 0 spiro atoms. The molecular weight excluding hydrogens is 687 g/mol. The Labute approximate surface area is 312 Å². The first kappa shape index (κ1) is 39.8. The number of nitrogens with zero attached hydrogens (tertiary/aromatic N) is 4. The van der Waals surface area contributed by atoms with Gasteiger partial charge in [-0.1, -0.05) is 65.8 Å². The van der Waals surface area contributed by atoms with Crippen LogP contribution in [0.3, 0.4) is 0 Å². The second-order valence-electron chi connectivity index (χ2n) is 18.5. The van der Waals surface area contributed by atoms with E-state index in [0.29, 0.717) is 18.4 Å². The van der Waals surface area contributed by atoms with Crippen LogP contribution in [0, 0.1) is 11.8 Å². The number of nitrogens with one attached hydrogen (secondary N) is 1. The van der Waals surface area contributed by atoms with Crippen LogP contribution in [0.25, 0.3) is 28.0 Å². The van der Waals surface area contributed by atoms with E-state index >= 15 is 0 Å². The number of benzene rings is 1. The Morgan fingerprint density at radius 3 is 2.16 bits per heavy atom. The Bertz CT molecular complexity index is 1800. The van der Waals surface area contributed by atoms with Crippen LogP contribution in [0.1, 0.15) is 92.6 Å². The van der Waals surface area contributed by atoms with Gasteiger partial charge in [0.15, 0.2) is 22.5 Å². The molecule has 0 bridgehead atoms. The average Bonchev–Trinajstić information content (AvgIpc) is 3.44. The fourth-order valence-electron chi connectivity index (χ4n) is 5.71. The molecule has 51 heavy (non-hydrogen) atoms. The summed E-state index contributed by atoms with van der Waals surface area (Å²) in [5.74, 6) is 1.59. The van der Waals surface area contributed by atoms with Crippen LogP contribution in [-0.4, -0.2) is 52.3 Å². The van der Waals surface area contributed by atoms with Crippen LogP contribution in [0.2, 0.25) is 36.3 Å². The predicted octanol–water partition coefficient (Wildman–Crippen LogP) is 10.1. The number of aromatic nitrogens is 4. The highest BCUT2D eigenvalue weighted by Gasteiger charge is 2.43. The quantitative estimate of drug-likeness (QED) is 0.114. The molecule has 0 aliphatic heterocycles. The van der Waals surface area contributed by atoms with E-state index < -0.39 is 32.7 Å². The molecule has 3 aromatic heterocycles. The molecule has 1 aliphatic rings. The molecule has 3 heterocycles. The fourth-order valence-corrected chi connectivity index (χ4v) is 8.63. The molecule has 1 N–H and O–H groups in total. The van der Waals surface area contributed by atoms with Crippen LogP contribution in [-0.2, 0) is 26.8 Å². The summed E-state index contributed by atoms with van der Waals surface area (Å²) >= 11 is -1.24. The van der Waals surface area contributed by atoms with Crippen molar-refractivity contribution in [2.24, 2.45) is 11.8 Å². The van der Waals surface area contributed by atoms with Crippen molar-refractivity contribution in [1.82, 2.24) is 24.5 Å². The van der Waals surface area contributed by atoms with E-state index in [1.807, 2.05) is 49.8 Å². The summed E-state index contributed by atoms with van der Waals surface area (Å²) in [5.41, 5.74) is 4.64. The monoisotopic (exact) mass is 747 g/mol. The van der Waals surface area contributed by atoms with Gasteiger partial charge in [0.2, 0.25) is 0 Å². The Hall–Kier alpha value is -2.39. The van der Waals surface area contributed by atoms with Gasteiger partial charge in [-0.3, -0.25) is 4.98 Å². The third kappa shape index (κ3) is 9.23. The summed E-state index contributed by atoms with van der Waals surface area (Å²) < 4.78 is 31.5. The van der Waals surface area contributed by atoms with Crippen LogP contribution >= 0.6 is 0 Å². The molecule has 8 nitrogen and oxygen atoms in total. The highest BCUT2D eigenvalue weighted by Crippen LogP contribution is 2.45. The van der Waals surface area contributed by atoms with Crippen molar-refractivity contribution in [2.75, 3.05) is 6.61 Å². The molecule has 5 rings (SSSR count). The minimum absolute atomic E-state index is 0.121. The lowest BCUT2D eigenvalue weighted by molar-refractivity contribution is 0.0908. The van der Waals surface area contributed by atoms with Crippen molar-refractivity contribution >= 4 is 38.9 Å². The molecular formula is C40H61N5O3SSi2. The number of hydrogen-bond acceptors (Lipinski definition) is 7. The highest BCUT2D eigenvalue weighted by molar-refractivity contribution is 7.90. The topological polar surface area (TPSA) is 97.2 Å². The maximum Gasteiger partial charge on any atom is 0.192 e. The van der Waals surface area contributed by atoms with Crippen LogP contribution in [0.15, 0.2) is 60.8 Å². The van der Waals surface area contributed by atoms with E-state index in [0.717, 1.165) is 58.8 Å². The van der Waals surface area contributed by atoms with Gasteiger partial charge >= 0.3 is 0 Å². The first-order valence-corrected chi connectivity index (χ1v) is 25.4. The van der Waals surface area contributed by atoms with E-state index in [1.54, 1.807) is 0 Å². The molecule has 2 unspecified atom stereocenters. The zero-order valence-electron chi connectivity index (χ0n) is 33.3. The standard InChI is InChI=1S/C40H61N5O3SSi2/c1-38(2,3)49(46)44-37(31-22-28(23-31)26-47-50(10,11)39(4,5)6)34-18-15-17-33(43-34)29-20-21-30-25-41-45(35(30)24-29)36-19-14-16-32(42-36)27-48-51(12,13)40(7,8)9/h14-21,24-25,28,31,37,44H,22-23,26-27H2,1-13H3. The molecule has 1 aromatic carbocycles. The molecule has 0 amide bonds.